The topological polar surface area (TPSA) is 113 Å². The Morgan fingerprint density at radius 2 is 1.59 bits per heavy atom. The molecule has 3 aromatic rings. The van der Waals surface area contributed by atoms with Crippen molar-refractivity contribution in [2.24, 2.45) is 0 Å². The SMILES string of the molecule is O=C(NC(=S)Nc1ccc(S(=O)(=O)Nc2ncccn2)cc1)c1ccc(Cl)cc1. The zero-order chi connectivity index (χ0) is 20.9. The first kappa shape index (κ1) is 20.6. The van der Waals surface area contributed by atoms with E-state index in [1.165, 1.54) is 36.7 Å². The van der Waals surface area contributed by atoms with E-state index in [2.05, 4.69) is 25.3 Å². The zero-order valence-corrected chi connectivity index (χ0v) is 17.1. The van der Waals surface area contributed by atoms with Crippen LogP contribution in [0, 0.1) is 0 Å². The Labute approximate surface area is 177 Å². The van der Waals surface area contributed by atoms with Crippen LogP contribution in [0.2, 0.25) is 5.02 Å². The second-order valence-corrected chi connectivity index (χ2v) is 8.14. The number of nitrogens with one attached hydrogen (secondary N) is 3. The fourth-order valence-electron chi connectivity index (χ4n) is 2.19. The number of aromatic nitrogens is 2. The Bertz CT molecular complexity index is 1120. The van der Waals surface area contributed by atoms with E-state index in [9.17, 15) is 13.2 Å². The summed E-state index contributed by atoms with van der Waals surface area (Å²) in [5.41, 5.74) is 0.899. The van der Waals surface area contributed by atoms with E-state index in [-0.39, 0.29) is 16.0 Å². The third kappa shape index (κ3) is 5.70. The summed E-state index contributed by atoms with van der Waals surface area (Å²) in [6, 6.07) is 13.7. The number of halogens is 1. The van der Waals surface area contributed by atoms with Crippen LogP contribution >= 0.6 is 23.8 Å². The molecule has 1 aromatic heterocycles. The second-order valence-electron chi connectivity index (χ2n) is 5.62. The highest BCUT2D eigenvalue weighted by Gasteiger charge is 2.15. The summed E-state index contributed by atoms with van der Waals surface area (Å²) >= 11 is 10.9. The minimum absolute atomic E-state index is 0.0200. The molecule has 11 heteroatoms. The molecule has 0 aliphatic rings. The van der Waals surface area contributed by atoms with Crippen LogP contribution in [-0.2, 0) is 10.0 Å². The molecule has 1 amide bonds. The highest BCUT2D eigenvalue weighted by molar-refractivity contribution is 7.92. The predicted molar refractivity (Wildman–Crippen MR) is 114 cm³/mol. The third-order valence-electron chi connectivity index (χ3n) is 3.55. The maximum Gasteiger partial charge on any atom is 0.264 e. The maximum atomic E-state index is 12.4. The number of carbonyl (C=O) groups is 1. The molecule has 29 heavy (non-hydrogen) atoms. The lowest BCUT2D eigenvalue weighted by molar-refractivity contribution is 0.0977. The van der Waals surface area contributed by atoms with Crippen LogP contribution in [0.5, 0.6) is 0 Å². The van der Waals surface area contributed by atoms with Crippen LogP contribution in [-0.4, -0.2) is 29.4 Å². The Morgan fingerprint density at radius 3 is 2.21 bits per heavy atom. The second kappa shape index (κ2) is 8.95. The summed E-state index contributed by atoms with van der Waals surface area (Å²) in [5, 5.41) is 5.93. The van der Waals surface area contributed by atoms with Gasteiger partial charge in [0.05, 0.1) is 4.90 Å². The number of benzene rings is 2. The van der Waals surface area contributed by atoms with Gasteiger partial charge in [-0.25, -0.2) is 23.1 Å². The van der Waals surface area contributed by atoms with E-state index in [0.717, 1.165) is 0 Å². The van der Waals surface area contributed by atoms with E-state index in [1.54, 1.807) is 30.3 Å². The number of anilines is 2. The molecule has 0 fully saturated rings. The summed E-state index contributed by atoms with van der Waals surface area (Å²) in [7, 11) is -3.83. The minimum atomic E-state index is -3.83. The number of carbonyl (C=O) groups excluding carboxylic acids is 1. The molecule has 0 spiro atoms. The van der Waals surface area contributed by atoms with Crippen LogP contribution in [0.3, 0.4) is 0 Å². The minimum Gasteiger partial charge on any atom is -0.332 e. The average molecular weight is 448 g/mol. The lowest BCUT2D eigenvalue weighted by Crippen LogP contribution is -2.34. The molecule has 2 aromatic carbocycles. The number of hydrogen-bond acceptors (Lipinski definition) is 6. The standard InChI is InChI=1S/C18H14ClN5O3S2/c19-13-4-2-12(3-5-13)16(25)23-18(28)22-14-6-8-15(9-7-14)29(26,27)24-17-20-10-1-11-21-17/h1-11H,(H,20,21,24)(H2,22,23,25,28). The van der Waals surface area contributed by atoms with Gasteiger partial charge in [0.25, 0.3) is 15.9 Å². The summed E-state index contributed by atoms with van der Waals surface area (Å²) < 4.78 is 27.0. The molecule has 1 heterocycles. The first-order valence-electron chi connectivity index (χ1n) is 8.11. The quantitative estimate of drug-likeness (QED) is 0.515. The van der Waals surface area contributed by atoms with Crippen molar-refractivity contribution in [3.8, 4) is 0 Å². The normalized spacial score (nSPS) is 10.8. The molecular weight excluding hydrogens is 434 g/mol. The van der Waals surface area contributed by atoms with Gasteiger partial charge in [-0.15, -0.1) is 0 Å². The van der Waals surface area contributed by atoms with Crippen LogP contribution in [0.25, 0.3) is 0 Å². The van der Waals surface area contributed by atoms with Gasteiger partial charge in [-0.2, -0.15) is 0 Å². The molecule has 0 saturated heterocycles. The molecule has 0 aliphatic carbocycles. The monoisotopic (exact) mass is 447 g/mol. The molecule has 0 bridgehead atoms. The van der Waals surface area contributed by atoms with Gasteiger partial charge in [0.2, 0.25) is 5.95 Å². The van der Waals surface area contributed by atoms with Crippen LogP contribution < -0.4 is 15.4 Å². The number of rotatable bonds is 5. The van der Waals surface area contributed by atoms with Crippen molar-refractivity contribution in [3.05, 3.63) is 77.6 Å². The largest absolute Gasteiger partial charge is 0.332 e. The van der Waals surface area contributed by atoms with E-state index in [0.29, 0.717) is 16.3 Å². The third-order valence-corrected chi connectivity index (χ3v) is 5.35. The molecule has 0 saturated carbocycles. The van der Waals surface area contributed by atoms with Crippen molar-refractivity contribution in [1.82, 2.24) is 15.3 Å². The van der Waals surface area contributed by atoms with Gasteiger partial charge in [0, 0.05) is 28.7 Å². The van der Waals surface area contributed by atoms with Crippen molar-refractivity contribution in [2.75, 3.05) is 10.0 Å². The van der Waals surface area contributed by atoms with Crippen LogP contribution in [0.1, 0.15) is 10.4 Å². The van der Waals surface area contributed by atoms with Crippen molar-refractivity contribution in [2.45, 2.75) is 4.90 Å². The molecule has 3 N–H and O–H groups in total. The highest BCUT2D eigenvalue weighted by atomic mass is 35.5. The van der Waals surface area contributed by atoms with Gasteiger partial charge in [-0.05, 0) is 66.8 Å². The molecule has 0 aliphatic heterocycles. The molecule has 0 atom stereocenters. The zero-order valence-electron chi connectivity index (χ0n) is 14.7. The van der Waals surface area contributed by atoms with E-state index < -0.39 is 15.9 Å². The number of sulfonamides is 1. The van der Waals surface area contributed by atoms with Gasteiger partial charge in [0.15, 0.2) is 5.11 Å². The number of amides is 1. The predicted octanol–water partition coefficient (Wildman–Crippen LogP) is 3.06. The van der Waals surface area contributed by atoms with Gasteiger partial charge < -0.3 is 5.32 Å². The Morgan fingerprint density at radius 1 is 0.966 bits per heavy atom. The van der Waals surface area contributed by atoms with Crippen molar-refractivity contribution >= 4 is 56.5 Å². The Kier molecular flexibility index (Phi) is 6.37. The molecular formula is C18H14ClN5O3S2. The summed E-state index contributed by atoms with van der Waals surface area (Å²) in [4.78, 5) is 19.8. The number of thiocarbonyl (C=S) groups is 1. The van der Waals surface area contributed by atoms with Gasteiger partial charge in [-0.3, -0.25) is 10.1 Å². The smallest absolute Gasteiger partial charge is 0.264 e. The average Bonchev–Trinajstić information content (AvgIpc) is 2.69. The fourth-order valence-corrected chi connectivity index (χ4v) is 3.48. The number of nitrogens with zero attached hydrogens (tertiary/aromatic N) is 2. The molecule has 8 nitrogen and oxygen atoms in total. The van der Waals surface area contributed by atoms with E-state index in [4.69, 9.17) is 23.8 Å². The van der Waals surface area contributed by atoms with E-state index in [1.807, 2.05) is 0 Å². The van der Waals surface area contributed by atoms with Gasteiger partial charge in [-0.1, -0.05) is 11.6 Å². The van der Waals surface area contributed by atoms with E-state index >= 15 is 0 Å². The summed E-state index contributed by atoms with van der Waals surface area (Å²) in [5.74, 6) is -0.425. The lowest BCUT2D eigenvalue weighted by atomic mass is 10.2. The van der Waals surface area contributed by atoms with Gasteiger partial charge in [0.1, 0.15) is 0 Å². The fraction of sp³-hybridized carbons (Fsp3) is 0. The lowest BCUT2D eigenvalue weighted by Gasteiger charge is -2.11. The Hall–Kier alpha value is -3.08. The summed E-state index contributed by atoms with van der Waals surface area (Å²) in [6.07, 6.45) is 2.86. The van der Waals surface area contributed by atoms with Crippen LogP contribution in [0.15, 0.2) is 71.9 Å². The molecule has 0 unspecified atom stereocenters. The van der Waals surface area contributed by atoms with Crippen molar-refractivity contribution in [3.63, 3.8) is 0 Å². The van der Waals surface area contributed by atoms with Gasteiger partial charge >= 0.3 is 0 Å². The summed E-state index contributed by atoms with van der Waals surface area (Å²) in [6.45, 7) is 0. The van der Waals surface area contributed by atoms with Crippen LogP contribution in [0.4, 0.5) is 11.6 Å². The Balaban J connectivity index is 1.62. The molecule has 0 radical (unpaired) electrons. The highest BCUT2D eigenvalue weighted by Crippen LogP contribution is 2.16. The molecule has 148 valence electrons. The first-order chi connectivity index (χ1) is 13.8. The van der Waals surface area contributed by atoms with Crippen molar-refractivity contribution in [1.29, 1.82) is 0 Å². The van der Waals surface area contributed by atoms with Crippen molar-refractivity contribution < 1.29 is 13.2 Å². The first-order valence-corrected chi connectivity index (χ1v) is 10.4. The maximum absolute atomic E-state index is 12.4. The molecule has 3 rings (SSSR count). The number of hydrogen-bond donors (Lipinski definition) is 3.